The Bertz CT molecular complexity index is 333. The average molecular weight is 319 g/mol. The highest BCUT2D eigenvalue weighted by Crippen LogP contribution is 2.12. The Kier molecular flexibility index (Phi) is 14.1. The summed E-state index contributed by atoms with van der Waals surface area (Å²) in [7, 11) is 0. The third kappa shape index (κ3) is 13.3. The van der Waals surface area contributed by atoms with Crippen LogP contribution in [0.4, 0.5) is 0 Å². The molecule has 1 heteroatoms. The molecule has 0 saturated carbocycles. The summed E-state index contributed by atoms with van der Waals surface area (Å²) in [6, 6.07) is 10.5. The number of benzene rings is 1. The molecule has 1 nitrogen and oxygen atoms in total. The lowest BCUT2D eigenvalue weighted by atomic mass is 10.0. The molecule has 0 aromatic heterocycles. The third-order valence-electron chi connectivity index (χ3n) is 4.50. The molecule has 0 saturated heterocycles. The minimum Gasteiger partial charge on any atom is -0.377 e. The Hall–Kier alpha value is -0.820. The lowest BCUT2D eigenvalue weighted by molar-refractivity contribution is 0.116. The molecular weight excluding hydrogens is 280 g/mol. The van der Waals surface area contributed by atoms with Gasteiger partial charge < -0.3 is 4.74 Å². The van der Waals surface area contributed by atoms with E-state index in [1.165, 1.54) is 89.0 Å². The predicted octanol–water partition coefficient (Wildman–Crippen LogP) is 7.29. The van der Waals surface area contributed by atoms with E-state index in [1.54, 1.807) is 0 Å². The fourth-order valence-electron chi connectivity index (χ4n) is 2.99. The lowest BCUT2D eigenvalue weighted by Crippen LogP contribution is -1.95. The zero-order valence-corrected chi connectivity index (χ0v) is 15.4. The van der Waals surface area contributed by atoms with Gasteiger partial charge >= 0.3 is 0 Å². The van der Waals surface area contributed by atoms with Crippen LogP contribution in [-0.2, 0) is 11.3 Å². The maximum absolute atomic E-state index is 5.72. The summed E-state index contributed by atoms with van der Waals surface area (Å²) in [6.45, 7) is 3.96. The molecule has 0 spiro atoms. The maximum Gasteiger partial charge on any atom is 0.0716 e. The van der Waals surface area contributed by atoms with E-state index in [9.17, 15) is 0 Å². The molecule has 0 bridgehead atoms. The number of rotatable bonds is 16. The second-order valence-corrected chi connectivity index (χ2v) is 6.78. The first-order valence-corrected chi connectivity index (χ1v) is 10.0. The Morgan fingerprint density at radius 2 is 1.09 bits per heavy atom. The van der Waals surface area contributed by atoms with E-state index in [-0.39, 0.29) is 0 Å². The third-order valence-corrected chi connectivity index (χ3v) is 4.50. The van der Waals surface area contributed by atoms with Gasteiger partial charge in [-0.2, -0.15) is 0 Å². The molecule has 0 amide bonds. The van der Waals surface area contributed by atoms with Gasteiger partial charge in [-0.05, 0) is 12.0 Å². The standard InChI is InChI=1S/C22H38O/c1-2-3-4-5-6-7-8-9-10-11-12-13-17-20-23-21-22-18-15-14-16-19-22/h14-16,18-19H,2-13,17,20-21H2,1H3. The van der Waals surface area contributed by atoms with Crippen LogP contribution in [0.5, 0.6) is 0 Å². The van der Waals surface area contributed by atoms with E-state index in [0.29, 0.717) is 0 Å². The zero-order chi connectivity index (χ0) is 16.4. The van der Waals surface area contributed by atoms with Crippen LogP contribution < -0.4 is 0 Å². The molecule has 0 heterocycles. The first-order chi connectivity index (χ1) is 11.4. The first-order valence-electron chi connectivity index (χ1n) is 10.0. The number of hydrogen-bond donors (Lipinski definition) is 0. The number of hydrogen-bond acceptors (Lipinski definition) is 1. The SMILES string of the molecule is CCCCCCCCCCCCCCCOCc1ccccc1. The topological polar surface area (TPSA) is 9.23 Å². The van der Waals surface area contributed by atoms with Gasteiger partial charge in [-0.1, -0.05) is 114 Å². The molecule has 0 aliphatic rings. The van der Waals surface area contributed by atoms with Crippen LogP contribution in [0.15, 0.2) is 30.3 Å². The van der Waals surface area contributed by atoms with Crippen molar-refractivity contribution < 1.29 is 4.74 Å². The molecule has 0 unspecified atom stereocenters. The van der Waals surface area contributed by atoms with Crippen LogP contribution in [0.2, 0.25) is 0 Å². The molecule has 1 aromatic carbocycles. The smallest absolute Gasteiger partial charge is 0.0716 e. The predicted molar refractivity (Wildman–Crippen MR) is 102 cm³/mol. The highest BCUT2D eigenvalue weighted by atomic mass is 16.5. The molecular formula is C22H38O. The van der Waals surface area contributed by atoms with Crippen molar-refractivity contribution in [3.8, 4) is 0 Å². The van der Waals surface area contributed by atoms with Crippen molar-refractivity contribution in [2.75, 3.05) is 6.61 Å². The van der Waals surface area contributed by atoms with Crippen molar-refractivity contribution >= 4 is 0 Å². The van der Waals surface area contributed by atoms with Crippen molar-refractivity contribution in [3.05, 3.63) is 35.9 Å². The highest BCUT2D eigenvalue weighted by molar-refractivity contribution is 5.13. The molecule has 0 fully saturated rings. The molecule has 132 valence electrons. The fraction of sp³-hybridized carbons (Fsp3) is 0.727. The van der Waals surface area contributed by atoms with Gasteiger partial charge in [0, 0.05) is 6.61 Å². The van der Waals surface area contributed by atoms with Crippen molar-refractivity contribution in [2.45, 2.75) is 97.0 Å². The largest absolute Gasteiger partial charge is 0.377 e. The highest BCUT2D eigenvalue weighted by Gasteiger charge is 1.95. The normalized spacial score (nSPS) is 11.0. The van der Waals surface area contributed by atoms with Crippen LogP contribution in [-0.4, -0.2) is 6.61 Å². The van der Waals surface area contributed by atoms with E-state index in [2.05, 4.69) is 37.3 Å². The van der Waals surface area contributed by atoms with Crippen molar-refractivity contribution in [1.82, 2.24) is 0 Å². The van der Waals surface area contributed by atoms with Crippen LogP contribution in [0.1, 0.15) is 96.0 Å². The molecule has 0 radical (unpaired) electrons. The van der Waals surface area contributed by atoms with Crippen molar-refractivity contribution in [1.29, 1.82) is 0 Å². The van der Waals surface area contributed by atoms with Gasteiger partial charge in [-0.15, -0.1) is 0 Å². The van der Waals surface area contributed by atoms with Crippen LogP contribution >= 0.6 is 0 Å². The Morgan fingerprint density at radius 3 is 1.61 bits per heavy atom. The summed E-state index contributed by atoms with van der Waals surface area (Å²) in [4.78, 5) is 0. The van der Waals surface area contributed by atoms with E-state index in [1.807, 2.05) is 0 Å². The van der Waals surface area contributed by atoms with E-state index in [4.69, 9.17) is 4.74 Å². The minimum atomic E-state index is 0.763. The molecule has 23 heavy (non-hydrogen) atoms. The van der Waals surface area contributed by atoms with Gasteiger partial charge in [-0.25, -0.2) is 0 Å². The molecule has 0 N–H and O–H groups in total. The fourth-order valence-corrected chi connectivity index (χ4v) is 2.99. The Morgan fingerprint density at radius 1 is 0.609 bits per heavy atom. The Balaban J connectivity index is 1.72. The molecule has 0 aliphatic carbocycles. The first kappa shape index (κ1) is 20.2. The summed E-state index contributed by atoms with van der Waals surface area (Å²) in [5.41, 5.74) is 1.28. The van der Waals surface area contributed by atoms with Gasteiger partial charge in [0.15, 0.2) is 0 Å². The summed E-state index contributed by atoms with van der Waals surface area (Å²) in [5.74, 6) is 0. The molecule has 0 aliphatic heterocycles. The van der Waals surface area contributed by atoms with E-state index >= 15 is 0 Å². The molecule has 0 atom stereocenters. The van der Waals surface area contributed by atoms with Crippen molar-refractivity contribution in [2.24, 2.45) is 0 Å². The van der Waals surface area contributed by atoms with E-state index < -0.39 is 0 Å². The lowest BCUT2D eigenvalue weighted by Gasteiger charge is -2.05. The van der Waals surface area contributed by atoms with Gasteiger partial charge in [0.25, 0.3) is 0 Å². The van der Waals surface area contributed by atoms with Gasteiger partial charge in [0.05, 0.1) is 6.61 Å². The summed E-state index contributed by atoms with van der Waals surface area (Å²) >= 11 is 0. The number of unbranched alkanes of at least 4 members (excludes halogenated alkanes) is 12. The van der Waals surface area contributed by atoms with Crippen LogP contribution in [0.3, 0.4) is 0 Å². The summed E-state index contributed by atoms with van der Waals surface area (Å²) < 4.78 is 5.72. The van der Waals surface area contributed by atoms with Crippen LogP contribution in [0, 0.1) is 0 Å². The second-order valence-electron chi connectivity index (χ2n) is 6.78. The van der Waals surface area contributed by atoms with Gasteiger partial charge in [-0.3, -0.25) is 0 Å². The minimum absolute atomic E-state index is 0.763. The molecule has 1 aromatic rings. The average Bonchev–Trinajstić information content (AvgIpc) is 2.59. The van der Waals surface area contributed by atoms with Crippen molar-refractivity contribution in [3.63, 3.8) is 0 Å². The maximum atomic E-state index is 5.72. The summed E-state index contributed by atoms with van der Waals surface area (Å²) in [6.07, 6.45) is 18.3. The molecule has 1 rings (SSSR count). The summed E-state index contributed by atoms with van der Waals surface area (Å²) in [5, 5.41) is 0. The van der Waals surface area contributed by atoms with Crippen LogP contribution in [0.25, 0.3) is 0 Å². The van der Waals surface area contributed by atoms with Gasteiger partial charge in [0.1, 0.15) is 0 Å². The Labute approximate surface area is 144 Å². The zero-order valence-electron chi connectivity index (χ0n) is 15.4. The quantitative estimate of drug-likeness (QED) is 0.291. The second kappa shape index (κ2) is 16.1. The van der Waals surface area contributed by atoms with Gasteiger partial charge in [0.2, 0.25) is 0 Å². The monoisotopic (exact) mass is 318 g/mol. The number of ether oxygens (including phenoxy) is 1. The van der Waals surface area contributed by atoms with E-state index in [0.717, 1.165) is 13.2 Å².